The first-order valence-corrected chi connectivity index (χ1v) is 14.5. The molecule has 10 nitrogen and oxygen atoms in total. The highest BCUT2D eigenvalue weighted by Crippen LogP contribution is 2.29. The van der Waals surface area contributed by atoms with Crippen LogP contribution in [0, 0.1) is 6.92 Å². The zero-order chi connectivity index (χ0) is 26.5. The summed E-state index contributed by atoms with van der Waals surface area (Å²) in [5, 5.41) is 12.5. The lowest BCUT2D eigenvalue weighted by molar-refractivity contribution is 0.0730. The first kappa shape index (κ1) is 26.3. The molecule has 2 aliphatic rings. The van der Waals surface area contributed by atoms with Crippen LogP contribution >= 0.6 is 12.2 Å². The van der Waals surface area contributed by atoms with Gasteiger partial charge in [-0.05, 0) is 68.4 Å². The molecule has 2 saturated heterocycles. The van der Waals surface area contributed by atoms with E-state index in [1.165, 1.54) is 4.31 Å². The lowest BCUT2D eigenvalue weighted by atomic mass is 10.2. The quantitative estimate of drug-likeness (QED) is 0.261. The van der Waals surface area contributed by atoms with Crippen molar-refractivity contribution >= 4 is 45.1 Å². The normalized spacial score (nSPS) is 16.7. The summed E-state index contributed by atoms with van der Waals surface area (Å²) in [7, 11) is -3.54. The van der Waals surface area contributed by atoms with Gasteiger partial charge in [0, 0.05) is 31.9 Å². The molecule has 0 unspecified atom stereocenters. The fourth-order valence-electron chi connectivity index (χ4n) is 4.62. The van der Waals surface area contributed by atoms with E-state index < -0.39 is 10.0 Å². The van der Waals surface area contributed by atoms with Gasteiger partial charge in [0.25, 0.3) is 0 Å². The summed E-state index contributed by atoms with van der Waals surface area (Å²) in [4.78, 5) is 2.58. The molecule has 0 aliphatic carbocycles. The predicted octanol–water partition coefficient (Wildman–Crippen LogP) is 3.12. The average Bonchev–Trinajstić information content (AvgIpc) is 3.58. The largest absolute Gasteiger partial charge is 0.379 e. The Kier molecular flexibility index (Phi) is 8.03. The van der Waals surface area contributed by atoms with E-state index in [4.69, 9.17) is 22.1 Å². The minimum Gasteiger partial charge on any atom is -0.379 e. The van der Waals surface area contributed by atoms with Crippen molar-refractivity contribution in [3.63, 3.8) is 0 Å². The number of aromatic nitrogens is 2. The molecule has 0 bridgehead atoms. The molecule has 12 heteroatoms. The summed E-state index contributed by atoms with van der Waals surface area (Å²) in [5.41, 5.74) is 6.33. The first-order chi connectivity index (χ1) is 18.4. The number of benzene rings is 2. The van der Waals surface area contributed by atoms with E-state index in [0.717, 1.165) is 48.7 Å². The molecule has 2 N–H and O–H groups in total. The van der Waals surface area contributed by atoms with Gasteiger partial charge in [-0.1, -0.05) is 18.2 Å². The number of rotatable bonds is 7. The first-order valence-electron chi connectivity index (χ1n) is 12.6. The number of morpholine rings is 1. The Labute approximate surface area is 228 Å². The predicted molar refractivity (Wildman–Crippen MR) is 153 cm³/mol. The molecule has 0 spiro atoms. The average molecular weight is 554 g/mol. The summed E-state index contributed by atoms with van der Waals surface area (Å²) in [5.74, 6) is 1.02. The molecule has 0 radical (unpaired) electrons. The summed E-state index contributed by atoms with van der Waals surface area (Å²) in [6.45, 7) is 5.46. The molecular formula is C26H31N7O3S2. The van der Waals surface area contributed by atoms with E-state index in [9.17, 15) is 8.42 Å². The van der Waals surface area contributed by atoms with Crippen molar-refractivity contribution in [2.45, 2.75) is 24.7 Å². The van der Waals surface area contributed by atoms with Crippen LogP contribution in [0.5, 0.6) is 0 Å². The Morgan fingerprint density at radius 2 is 1.71 bits per heavy atom. The van der Waals surface area contributed by atoms with Gasteiger partial charge in [0.05, 0.1) is 41.3 Å². The minimum atomic E-state index is -3.54. The summed E-state index contributed by atoms with van der Waals surface area (Å²) in [6, 6.07) is 16.6. The Balaban J connectivity index is 1.26. The number of hydrogen-bond donors (Lipinski definition) is 2. The molecule has 2 fully saturated rings. The van der Waals surface area contributed by atoms with Gasteiger partial charge in [0.2, 0.25) is 10.0 Å². The second-order valence-corrected chi connectivity index (χ2v) is 11.5. The van der Waals surface area contributed by atoms with Gasteiger partial charge in [-0.15, -0.1) is 0 Å². The van der Waals surface area contributed by atoms with Crippen molar-refractivity contribution in [3.05, 3.63) is 65.9 Å². The molecule has 200 valence electrons. The summed E-state index contributed by atoms with van der Waals surface area (Å²) >= 11 is 5.41. The van der Waals surface area contributed by atoms with Crippen molar-refractivity contribution in [2.24, 2.45) is 5.10 Å². The Morgan fingerprint density at radius 1 is 1.03 bits per heavy atom. The smallest absolute Gasteiger partial charge is 0.243 e. The summed E-state index contributed by atoms with van der Waals surface area (Å²) in [6.07, 6.45) is 4.05. The lowest BCUT2D eigenvalue weighted by Gasteiger charge is -2.26. The number of para-hydroxylation sites is 1. The number of anilines is 2. The molecule has 3 heterocycles. The van der Waals surface area contributed by atoms with Crippen LogP contribution in [0.1, 0.15) is 24.1 Å². The van der Waals surface area contributed by atoms with Gasteiger partial charge in [-0.3, -0.25) is 5.43 Å². The van der Waals surface area contributed by atoms with E-state index in [1.807, 2.05) is 41.9 Å². The van der Waals surface area contributed by atoms with Gasteiger partial charge in [-0.2, -0.15) is 14.5 Å². The summed E-state index contributed by atoms with van der Waals surface area (Å²) < 4.78 is 34.3. The maximum Gasteiger partial charge on any atom is 0.243 e. The third-order valence-electron chi connectivity index (χ3n) is 6.57. The van der Waals surface area contributed by atoms with Crippen molar-refractivity contribution in [3.8, 4) is 5.69 Å². The van der Waals surface area contributed by atoms with E-state index >= 15 is 0 Å². The topological polar surface area (TPSA) is 104 Å². The van der Waals surface area contributed by atoms with Gasteiger partial charge in [0.1, 0.15) is 5.82 Å². The molecule has 0 atom stereocenters. The van der Waals surface area contributed by atoms with Gasteiger partial charge in [-0.25, -0.2) is 13.1 Å². The van der Waals surface area contributed by atoms with Crippen LogP contribution in [0.4, 0.5) is 11.5 Å². The second-order valence-electron chi connectivity index (χ2n) is 9.13. The third-order valence-corrected chi connectivity index (χ3v) is 8.67. The fraction of sp³-hybridized carbons (Fsp3) is 0.346. The molecule has 5 rings (SSSR count). The standard InChI is InChI=1S/C26H31N7O3S2/c1-20-24(25(31-13-5-6-14-31)33(30-20)22-7-3-2-4-8-22)19-27-29-26(37)28-21-9-11-23(12-10-21)38(34,35)32-15-17-36-18-16-32/h2-4,7-12,19H,5-6,13-18H2,1H3,(H2,28,29,37)/b27-19+. The van der Waals surface area contributed by atoms with E-state index in [-0.39, 0.29) is 4.90 Å². The SMILES string of the molecule is Cc1nn(-c2ccccc2)c(N2CCCC2)c1/C=N/NC(=S)Nc1ccc(S(=O)(=O)N2CCOCC2)cc1. The second kappa shape index (κ2) is 11.6. The Hall–Kier alpha value is -3.32. The van der Waals surface area contributed by atoms with Crippen LogP contribution in [0.2, 0.25) is 0 Å². The molecule has 0 amide bonds. The Bertz CT molecular complexity index is 1390. The van der Waals surface area contributed by atoms with Gasteiger partial charge < -0.3 is 15.0 Å². The molecular weight excluding hydrogens is 522 g/mol. The van der Waals surface area contributed by atoms with Crippen LogP contribution < -0.4 is 15.6 Å². The van der Waals surface area contributed by atoms with Crippen LogP contribution in [0.15, 0.2) is 64.6 Å². The van der Waals surface area contributed by atoms with Gasteiger partial charge in [0.15, 0.2) is 5.11 Å². The van der Waals surface area contributed by atoms with Crippen molar-refractivity contribution < 1.29 is 13.2 Å². The maximum absolute atomic E-state index is 12.8. The molecule has 38 heavy (non-hydrogen) atoms. The fourth-order valence-corrected chi connectivity index (χ4v) is 6.20. The molecule has 1 aromatic heterocycles. The number of thiocarbonyl (C=S) groups is 1. The number of sulfonamides is 1. The van der Waals surface area contributed by atoms with Crippen molar-refractivity contribution in [2.75, 3.05) is 49.6 Å². The molecule has 3 aromatic rings. The number of ether oxygens (including phenoxy) is 1. The monoisotopic (exact) mass is 553 g/mol. The zero-order valence-corrected chi connectivity index (χ0v) is 22.8. The van der Waals surface area contributed by atoms with Crippen LogP contribution in [0.3, 0.4) is 0 Å². The highest BCUT2D eigenvalue weighted by atomic mass is 32.2. The van der Waals surface area contributed by atoms with Crippen molar-refractivity contribution in [1.29, 1.82) is 0 Å². The van der Waals surface area contributed by atoms with Crippen LogP contribution in [0.25, 0.3) is 5.69 Å². The Morgan fingerprint density at radius 3 is 2.39 bits per heavy atom. The lowest BCUT2D eigenvalue weighted by Crippen LogP contribution is -2.40. The zero-order valence-electron chi connectivity index (χ0n) is 21.2. The van der Waals surface area contributed by atoms with Crippen molar-refractivity contribution in [1.82, 2.24) is 19.5 Å². The molecule has 2 aromatic carbocycles. The minimum absolute atomic E-state index is 0.238. The maximum atomic E-state index is 12.8. The number of aryl methyl sites for hydroxylation is 1. The highest BCUT2D eigenvalue weighted by molar-refractivity contribution is 7.89. The number of nitrogens with zero attached hydrogens (tertiary/aromatic N) is 5. The van der Waals surface area contributed by atoms with E-state index in [2.05, 4.69) is 20.7 Å². The molecule has 0 saturated carbocycles. The van der Waals surface area contributed by atoms with Crippen LogP contribution in [-0.2, 0) is 14.8 Å². The highest BCUT2D eigenvalue weighted by Gasteiger charge is 2.26. The van der Waals surface area contributed by atoms with E-state index in [0.29, 0.717) is 37.1 Å². The van der Waals surface area contributed by atoms with Crippen LogP contribution in [-0.4, -0.2) is 73.2 Å². The number of hydrogen-bond acceptors (Lipinski definition) is 7. The van der Waals surface area contributed by atoms with Gasteiger partial charge >= 0.3 is 0 Å². The molecule has 2 aliphatic heterocycles. The third kappa shape index (κ3) is 5.73. The van der Waals surface area contributed by atoms with E-state index in [1.54, 1.807) is 30.5 Å². The number of hydrazone groups is 1. The number of nitrogens with one attached hydrogen (secondary N) is 2.